The van der Waals surface area contributed by atoms with E-state index in [-0.39, 0.29) is 11.9 Å². The number of halogens is 1. The summed E-state index contributed by atoms with van der Waals surface area (Å²) < 4.78 is 1.04. The fourth-order valence-electron chi connectivity index (χ4n) is 2.10. The minimum Gasteiger partial charge on any atom is -0.374 e. The first-order valence-electron chi connectivity index (χ1n) is 5.96. The smallest absolute Gasteiger partial charge is 0.242 e. The zero-order chi connectivity index (χ0) is 12.3. The molecule has 1 amide bonds. The van der Waals surface area contributed by atoms with Crippen LogP contribution in [0.3, 0.4) is 0 Å². The summed E-state index contributed by atoms with van der Waals surface area (Å²) in [6.07, 6.45) is 3.06. The van der Waals surface area contributed by atoms with Gasteiger partial charge in [0, 0.05) is 16.7 Å². The lowest BCUT2D eigenvalue weighted by Crippen LogP contribution is -2.37. The van der Waals surface area contributed by atoms with Crippen LogP contribution in [0.4, 0.5) is 5.69 Å². The quantitative estimate of drug-likeness (QED) is 0.881. The Kier molecular flexibility index (Phi) is 4.05. The lowest BCUT2D eigenvalue weighted by molar-refractivity contribution is -0.121. The van der Waals surface area contributed by atoms with Crippen LogP contribution >= 0.6 is 15.9 Å². The molecule has 0 bridgehead atoms. The molecule has 1 saturated heterocycles. The monoisotopic (exact) mass is 296 g/mol. The second-order valence-corrected chi connectivity index (χ2v) is 5.42. The average molecular weight is 297 g/mol. The summed E-state index contributed by atoms with van der Waals surface area (Å²) in [7, 11) is 0. The highest BCUT2D eigenvalue weighted by Crippen LogP contribution is 2.21. The molecule has 3 nitrogen and oxygen atoms in total. The van der Waals surface area contributed by atoms with Gasteiger partial charge in [0.05, 0.1) is 0 Å². The van der Waals surface area contributed by atoms with Gasteiger partial charge in [-0.25, -0.2) is 0 Å². The Hall–Kier alpha value is -1.03. The fourth-order valence-corrected chi connectivity index (χ4v) is 2.71. The maximum atomic E-state index is 11.8. The summed E-state index contributed by atoms with van der Waals surface area (Å²) in [6, 6.07) is 6.01. The number of hydrogen-bond donors (Lipinski definition) is 2. The maximum Gasteiger partial charge on any atom is 0.242 e. The van der Waals surface area contributed by atoms with Crippen molar-refractivity contribution in [2.45, 2.75) is 32.2 Å². The van der Waals surface area contributed by atoms with Crippen molar-refractivity contribution in [2.75, 3.05) is 11.9 Å². The molecule has 92 valence electrons. The molecule has 1 aromatic rings. The van der Waals surface area contributed by atoms with Gasteiger partial charge in [-0.3, -0.25) is 4.79 Å². The number of carbonyl (C=O) groups excluding carboxylic acids is 1. The van der Waals surface area contributed by atoms with Crippen molar-refractivity contribution < 1.29 is 4.79 Å². The molecule has 1 aliphatic rings. The molecule has 1 aliphatic heterocycles. The predicted molar refractivity (Wildman–Crippen MR) is 73.2 cm³/mol. The second kappa shape index (κ2) is 5.54. The molecule has 1 atom stereocenters. The van der Waals surface area contributed by atoms with E-state index < -0.39 is 0 Å². The van der Waals surface area contributed by atoms with Gasteiger partial charge in [0.15, 0.2) is 0 Å². The van der Waals surface area contributed by atoms with Gasteiger partial charge in [0.2, 0.25) is 5.91 Å². The first-order valence-corrected chi connectivity index (χ1v) is 6.76. The molecular formula is C13H17BrN2O. The zero-order valence-corrected chi connectivity index (χ0v) is 11.5. The zero-order valence-electron chi connectivity index (χ0n) is 9.92. The van der Waals surface area contributed by atoms with Crippen LogP contribution in [0.25, 0.3) is 0 Å². The van der Waals surface area contributed by atoms with Crippen LogP contribution in [0.15, 0.2) is 22.7 Å². The van der Waals surface area contributed by atoms with Crippen molar-refractivity contribution in [3.8, 4) is 0 Å². The summed E-state index contributed by atoms with van der Waals surface area (Å²) in [4.78, 5) is 11.8. The van der Waals surface area contributed by atoms with Crippen LogP contribution in [0.5, 0.6) is 0 Å². The van der Waals surface area contributed by atoms with Crippen LogP contribution in [0.2, 0.25) is 0 Å². The molecule has 2 rings (SSSR count). The molecule has 0 spiro atoms. The molecule has 17 heavy (non-hydrogen) atoms. The molecule has 1 heterocycles. The minimum absolute atomic E-state index is 0.105. The number of nitrogens with one attached hydrogen (secondary N) is 2. The average Bonchev–Trinajstić information content (AvgIpc) is 2.43. The SMILES string of the molecule is Cc1cc(Br)cc(NC2CCCCNC2=O)c1. The third kappa shape index (κ3) is 3.46. The first kappa shape index (κ1) is 12.4. The molecule has 0 saturated carbocycles. The minimum atomic E-state index is -0.105. The number of anilines is 1. The van der Waals surface area contributed by atoms with Crippen molar-refractivity contribution in [1.82, 2.24) is 5.32 Å². The number of benzene rings is 1. The van der Waals surface area contributed by atoms with E-state index in [1.165, 1.54) is 5.56 Å². The molecular weight excluding hydrogens is 280 g/mol. The summed E-state index contributed by atoms with van der Waals surface area (Å²) in [5.41, 5.74) is 2.18. The molecule has 0 aliphatic carbocycles. The molecule has 0 aromatic heterocycles. The van der Waals surface area contributed by atoms with Crippen LogP contribution in [0, 0.1) is 6.92 Å². The number of aryl methyl sites for hydroxylation is 1. The lowest BCUT2D eigenvalue weighted by Gasteiger charge is -2.17. The number of amides is 1. The predicted octanol–water partition coefficient (Wildman–Crippen LogP) is 2.84. The van der Waals surface area contributed by atoms with Crippen LogP contribution in [0.1, 0.15) is 24.8 Å². The number of carbonyl (C=O) groups is 1. The number of rotatable bonds is 2. The largest absolute Gasteiger partial charge is 0.374 e. The van der Waals surface area contributed by atoms with Gasteiger partial charge in [-0.2, -0.15) is 0 Å². The summed E-state index contributed by atoms with van der Waals surface area (Å²) in [6.45, 7) is 2.84. The topological polar surface area (TPSA) is 41.1 Å². The lowest BCUT2D eigenvalue weighted by atomic mass is 10.1. The Balaban J connectivity index is 2.10. The van der Waals surface area contributed by atoms with Crippen molar-refractivity contribution in [2.24, 2.45) is 0 Å². The van der Waals surface area contributed by atoms with Gasteiger partial charge < -0.3 is 10.6 Å². The van der Waals surface area contributed by atoms with E-state index in [4.69, 9.17) is 0 Å². The maximum absolute atomic E-state index is 11.8. The highest BCUT2D eigenvalue weighted by atomic mass is 79.9. The molecule has 2 N–H and O–H groups in total. The van der Waals surface area contributed by atoms with E-state index in [0.29, 0.717) is 0 Å². The number of hydrogen-bond acceptors (Lipinski definition) is 2. The van der Waals surface area contributed by atoms with Gasteiger partial charge in [0.25, 0.3) is 0 Å². The Morgan fingerprint density at radius 1 is 1.35 bits per heavy atom. The Morgan fingerprint density at radius 3 is 2.94 bits per heavy atom. The molecule has 1 unspecified atom stereocenters. The third-order valence-electron chi connectivity index (χ3n) is 2.92. The van der Waals surface area contributed by atoms with Gasteiger partial charge >= 0.3 is 0 Å². The van der Waals surface area contributed by atoms with Gasteiger partial charge in [0.1, 0.15) is 6.04 Å². The van der Waals surface area contributed by atoms with Crippen molar-refractivity contribution in [3.05, 3.63) is 28.2 Å². The summed E-state index contributed by atoms with van der Waals surface area (Å²) in [5.74, 6) is 0.111. The first-order chi connectivity index (χ1) is 8.15. The van der Waals surface area contributed by atoms with Crippen molar-refractivity contribution in [3.63, 3.8) is 0 Å². The van der Waals surface area contributed by atoms with Crippen LogP contribution in [-0.4, -0.2) is 18.5 Å². The second-order valence-electron chi connectivity index (χ2n) is 4.50. The summed E-state index contributed by atoms with van der Waals surface area (Å²) >= 11 is 3.47. The van der Waals surface area contributed by atoms with Crippen molar-refractivity contribution in [1.29, 1.82) is 0 Å². The highest BCUT2D eigenvalue weighted by Gasteiger charge is 2.20. The van der Waals surface area contributed by atoms with Crippen LogP contribution < -0.4 is 10.6 Å². The van der Waals surface area contributed by atoms with Gasteiger partial charge in [-0.15, -0.1) is 0 Å². The summed E-state index contributed by atoms with van der Waals surface area (Å²) in [5, 5.41) is 6.24. The highest BCUT2D eigenvalue weighted by molar-refractivity contribution is 9.10. The Bertz CT molecular complexity index is 400. The molecule has 1 aromatic carbocycles. The van der Waals surface area contributed by atoms with Crippen LogP contribution in [-0.2, 0) is 4.79 Å². The van der Waals surface area contributed by atoms with E-state index >= 15 is 0 Å². The molecule has 0 radical (unpaired) electrons. The molecule has 4 heteroatoms. The fraction of sp³-hybridized carbons (Fsp3) is 0.462. The Morgan fingerprint density at radius 2 is 2.18 bits per heavy atom. The van der Waals surface area contributed by atoms with E-state index in [1.54, 1.807) is 0 Å². The Labute approximate surface area is 110 Å². The van der Waals surface area contributed by atoms with Gasteiger partial charge in [-0.05, 0) is 49.9 Å². The normalized spacial score (nSPS) is 20.6. The van der Waals surface area contributed by atoms with Gasteiger partial charge in [-0.1, -0.05) is 15.9 Å². The third-order valence-corrected chi connectivity index (χ3v) is 3.38. The van der Waals surface area contributed by atoms with Crippen molar-refractivity contribution >= 4 is 27.5 Å². The van der Waals surface area contributed by atoms with E-state index in [9.17, 15) is 4.79 Å². The standard InChI is InChI=1S/C13H17BrN2O/c1-9-6-10(14)8-11(7-9)16-12-4-2-3-5-15-13(12)17/h6-8,12,16H,2-5H2,1H3,(H,15,17). The van der Waals surface area contributed by atoms with E-state index in [0.717, 1.165) is 36.0 Å². The van der Waals surface area contributed by atoms with E-state index in [1.807, 2.05) is 13.0 Å². The molecule has 1 fully saturated rings. The van der Waals surface area contributed by atoms with E-state index in [2.05, 4.69) is 38.7 Å².